The van der Waals surface area contributed by atoms with Gasteiger partial charge in [0.05, 0.1) is 13.2 Å². The molecule has 0 atom stereocenters. The normalized spacial score (nSPS) is 15.0. The molecule has 24 heavy (non-hydrogen) atoms. The van der Waals surface area contributed by atoms with E-state index in [0.29, 0.717) is 0 Å². The SMILES string of the molecule is Cc1ccc(NC(=O)Nc2ccc(CN3CCOCC3)cc2)cc1. The number of benzene rings is 2. The lowest BCUT2D eigenvalue weighted by Gasteiger charge is -2.26. The summed E-state index contributed by atoms with van der Waals surface area (Å²) in [4.78, 5) is 14.4. The van der Waals surface area contributed by atoms with Crippen molar-refractivity contribution in [2.24, 2.45) is 0 Å². The lowest BCUT2D eigenvalue weighted by molar-refractivity contribution is 0.0342. The van der Waals surface area contributed by atoms with Gasteiger partial charge in [-0.25, -0.2) is 4.79 Å². The van der Waals surface area contributed by atoms with Crippen molar-refractivity contribution in [3.8, 4) is 0 Å². The average Bonchev–Trinajstić information content (AvgIpc) is 2.60. The highest BCUT2D eigenvalue weighted by Gasteiger charge is 2.10. The molecule has 2 aromatic carbocycles. The Bertz CT molecular complexity index is 662. The summed E-state index contributed by atoms with van der Waals surface area (Å²) < 4.78 is 5.36. The highest BCUT2D eigenvalue weighted by Crippen LogP contribution is 2.14. The van der Waals surface area contributed by atoms with Gasteiger partial charge in [0.1, 0.15) is 0 Å². The molecular weight excluding hydrogens is 302 g/mol. The Labute approximate surface area is 142 Å². The fourth-order valence-electron chi connectivity index (χ4n) is 2.64. The topological polar surface area (TPSA) is 53.6 Å². The average molecular weight is 325 g/mol. The van der Waals surface area contributed by atoms with E-state index >= 15 is 0 Å². The van der Waals surface area contributed by atoms with Crippen LogP contribution in [0.5, 0.6) is 0 Å². The number of aryl methyl sites for hydroxylation is 1. The summed E-state index contributed by atoms with van der Waals surface area (Å²) in [6, 6.07) is 15.5. The molecule has 0 aromatic heterocycles. The number of anilines is 2. The highest BCUT2D eigenvalue weighted by molar-refractivity contribution is 5.99. The molecule has 1 saturated heterocycles. The monoisotopic (exact) mass is 325 g/mol. The minimum atomic E-state index is -0.236. The first kappa shape index (κ1) is 16.5. The smallest absolute Gasteiger partial charge is 0.323 e. The molecule has 1 heterocycles. The van der Waals surface area contributed by atoms with E-state index in [1.54, 1.807) is 0 Å². The number of hydrogen-bond donors (Lipinski definition) is 2. The molecule has 0 bridgehead atoms. The van der Waals surface area contributed by atoms with Gasteiger partial charge in [0.2, 0.25) is 0 Å². The molecule has 2 N–H and O–H groups in total. The summed E-state index contributed by atoms with van der Waals surface area (Å²) >= 11 is 0. The molecular formula is C19H23N3O2. The summed E-state index contributed by atoms with van der Waals surface area (Å²) in [6.45, 7) is 6.48. The zero-order valence-electron chi connectivity index (χ0n) is 13.9. The first-order valence-electron chi connectivity index (χ1n) is 8.23. The van der Waals surface area contributed by atoms with Crippen molar-refractivity contribution in [3.63, 3.8) is 0 Å². The van der Waals surface area contributed by atoms with E-state index in [-0.39, 0.29) is 6.03 Å². The van der Waals surface area contributed by atoms with Crippen LogP contribution in [-0.2, 0) is 11.3 Å². The number of ether oxygens (including phenoxy) is 1. The lowest BCUT2D eigenvalue weighted by atomic mass is 10.2. The molecule has 5 nitrogen and oxygen atoms in total. The van der Waals surface area contributed by atoms with Crippen molar-refractivity contribution in [1.29, 1.82) is 0 Å². The third-order valence-electron chi connectivity index (χ3n) is 4.03. The van der Waals surface area contributed by atoms with Gasteiger partial charge >= 0.3 is 6.03 Å². The van der Waals surface area contributed by atoms with Crippen molar-refractivity contribution in [3.05, 3.63) is 59.7 Å². The van der Waals surface area contributed by atoms with Gasteiger partial charge in [-0.2, -0.15) is 0 Å². The highest BCUT2D eigenvalue weighted by atomic mass is 16.5. The number of morpholine rings is 1. The summed E-state index contributed by atoms with van der Waals surface area (Å²) in [5.41, 5.74) is 3.96. The summed E-state index contributed by atoms with van der Waals surface area (Å²) in [5, 5.41) is 5.68. The number of urea groups is 1. The molecule has 3 rings (SSSR count). The number of carbonyl (C=O) groups is 1. The second-order valence-electron chi connectivity index (χ2n) is 6.03. The van der Waals surface area contributed by atoms with Crippen LogP contribution in [0.1, 0.15) is 11.1 Å². The zero-order valence-corrected chi connectivity index (χ0v) is 13.9. The molecule has 1 aliphatic rings. The Morgan fingerprint density at radius 1 is 0.958 bits per heavy atom. The predicted molar refractivity (Wildman–Crippen MR) is 96.4 cm³/mol. The quantitative estimate of drug-likeness (QED) is 0.905. The van der Waals surface area contributed by atoms with Gasteiger partial charge in [-0.15, -0.1) is 0 Å². The Kier molecular flexibility index (Phi) is 5.46. The molecule has 0 saturated carbocycles. The number of amides is 2. The van der Waals surface area contributed by atoms with Gasteiger partial charge in [0.15, 0.2) is 0 Å². The second-order valence-corrected chi connectivity index (χ2v) is 6.03. The number of nitrogens with one attached hydrogen (secondary N) is 2. The van der Waals surface area contributed by atoms with E-state index in [1.165, 1.54) is 5.56 Å². The maximum absolute atomic E-state index is 12.0. The van der Waals surface area contributed by atoms with Gasteiger partial charge in [0.25, 0.3) is 0 Å². The number of hydrogen-bond acceptors (Lipinski definition) is 3. The molecule has 0 spiro atoms. The van der Waals surface area contributed by atoms with E-state index in [1.807, 2.05) is 43.3 Å². The third kappa shape index (κ3) is 4.81. The largest absolute Gasteiger partial charge is 0.379 e. The van der Waals surface area contributed by atoms with Crippen LogP contribution in [0.3, 0.4) is 0 Å². The Balaban J connectivity index is 1.51. The Morgan fingerprint density at radius 3 is 2.08 bits per heavy atom. The molecule has 0 aliphatic carbocycles. The van der Waals surface area contributed by atoms with E-state index in [4.69, 9.17) is 4.74 Å². The second kappa shape index (κ2) is 7.95. The number of nitrogens with zero attached hydrogens (tertiary/aromatic N) is 1. The van der Waals surface area contributed by atoms with Crippen LogP contribution in [0.2, 0.25) is 0 Å². The van der Waals surface area contributed by atoms with Crippen LogP contribution in [0, 0.1) is 6.92 Å². The van der Waals surface area contributed by atoms with Crippen molar-refractivity contribution < 1.29 is 9.53 Å². The van der Waals surface area contributed by atoms with E-state index in [2.05, 4.69) is 27.7 Å². The Morgan fingerprint density at radius 2 is 1.50 bits per heavy atom. The van der Waals surface area contributed by atoms with E-state index < -0.39 is 0 Å². The first-order valence-corrected chi connectivity index (χ1v) is 8.23. The molecule has 5 heteroatoms. The molecule has 0 radical (unpaired) electrons. The maximum atomic E-state index is 12.0. The molecule has 126 valence electrons. The van der Waals surface area contributed by atoms with Crippen LogP contribution >= 0.6 is 0 Å². The number of rotatable bonds is 4. The van der Waals surface area contributed by atoms with Crippen molar-refractivity contribution in [2.75, 3.05) is 36.9 Å². The van der Waals surface area contributed by atoms with Gasteiger partial charge in [-0.05, 0) is 36.8 Å². The fourth-order valence-corrected chi connectivity index (χ4v) is 2.64. The van der Waals surface area contributed by atoms with Crippen LogP contribution in [0.4, 0.5) is 16.2 Å². The van der Waals surface area contributed by atoms with Crippen molar-refractivity contribution in [2.45, 2.75) is 13.5 Å². The van der Waals surface area contributed by atoms with E-state index in [0.717, 1.165) is 49.8 Å². The van der Waals surface area contributed by atoms with Crippen LogP contribution in [-0.4, -0.2) is 37.2 Å². The third-order valence-corrected chi connectivity index (χ3v) is 4.03. The molecule has 1 fully saturated rings. The standard InChI is InChI=1S/C19H23N3O2/c1-15-2-6-17(7-3-15)20-19(23)21-18-8-4-16(5-9-18)14-22-10-12-24-13-11-22/h2-9H,10-14H2,1H3,(H2,20,21,23). The first-order chi connectivity index (χ1) is 11.7. The van der Waals surface area contributed by atoms with E-state index in [9.17, 15) is 4.79 Å². The fraction of sp³-hybridized carbons (Fsp3) is 0.316. The van der Waals surface area contributed by atoms with Gasteiger partial charge < -0.3 is 15.4 Å². The van der Waals surface area contributed by atoms with Crippen LogP contribution < -0.4 is 10.6 Å². The van der Waals surface area contributed by atoms with Gasteiger partial charge in [0, 0.05) is 31.0 Å². The molecule has 0 unspecified atom stereocenters. The minimum Gasteiger partial charge on any atom is -0.379 e. The van der Waals surface area contributed by atoms with Crippen molar-refractivity contribution in [1.82, 2.24) is 4.90 Å². The summed E-state index contributed by atoms with van der Waals surface area (Å²) in [7, 11) is 0. The van der Waals surface area contributed by atoms with Crippen molar-refractivity contribution >= 4 is 17.4 Å². The zero-order chi connectivity index (χ0) is 16.8. The number of carbonyl (C=O) groups excluding carboxylic acids is 1. The molecule has 2 aromatic rings. The summed E-state index contributed by atoms with van der Waals surface area (Å²) in [6.07, 6.45) is 0. The minimum absolute atomic E-state index is 0.236. The lowest BCUT2D eigenvalue weighted by Crippen LogP contribution is -2.35. The van der Waals surface area contributed by atoms with Crippen LogP contribution in [0.25, 0.3) is 0 Å². The Hall–Kier alpha value is -2.37. The maximum Gasteiger partial charge on any atom is 0.323 e. The van der Waals surface area contributed by atoms with Crippen LogP contribution in [0.15, 0.2) is 48.5 Å². The molecule has 1 aliphatic heterocycles. The van der Waals surface area contributed by atoms with Gasteiger partial charge in [-0.3, -0.25) is 4.90 Å². The molecule has 2 amide bonds. The predicted octanol–water partition coefficient (Wildman–Crippen LogP) is 3.47. The van der Waals surface area contributed by atoms with Gasteiger partial charge in [-0.1, -0.05) is 29.8 Å². The summed E-state index contributed by atoms with van der Waals surface area (Å²) in [5.74, 6) is 0.